The van der Waals surface area contributed by atoms with Crippen molar-refractivity contribution in [3.05, 3.63) is 0 Å². The van der Waals surface area contributed by atoms with Crippen molar-refractivity contribution in [3.8, 4) is 0 Å². The highest BCUT2D eigenvalue weighted by Crippen LogP contribution is 2.40. The minimum atomic E-state index is -0.473. The molecule has 0 heterocycles. The molecule has 4 heteroatoms. The molecule has 0 aliphatic heterocycles. The molecule has 0 bridgehead atoms. The number of carbonyl (C=O) groups is 2. The summed E-state index contributed by atoms with van der Waals surface area (Å²) < 4.78 is 10.2. The first kappa shape index (κ1) is 15.0. The van der Waals surface area contributed by atoms with Crippen molar-refractivity contribution in [2.45, 2.75) is 52.6 Å². The van der Waals surface area contributed by atoms with Gasteiger partial charge in [-0.05, 0) is 39.5 Å². The van der Waals surface area contributed by atoms with Crippen molar-refractivity contribution in [1.29, 1.82) is 0 Å². The van der Waals surface area contributed by atoms with E-state index in [2.05, 4.69) is 0 Å². The number of esters is 2. The Bertz CT molecular complexity index is 316. The lowest BCUT2D eigenvalue weighted by Crippen LogP contribution is -2.30. The lowest BCUT2D eigenvalue weighted by molar-refractivity contribution is -0.161. The molecule has 4 nitrogen and oxygen atoms in total. The van der Waals surface area contributed by atoms with Gasteiger partial charge in [-0.25, -0.2) is 0 Å². The second-order valence-electron chi connectivity index (χ2n) is 6.00. The molecule has 104 valence electrons. The number of methoxy groups -OCH3 is 1. The van der Waals surface area contributed by atoms with E-state index in [4.69, 9.17) is 9.47 Å². The van der Waals surface area contributed by atoms with Crippen molar-refractivity contribution >= 4 is 11.9 Å². The molecule has 0 spiro atoms. The zero-order chi connectivity index (χ0) is 13.9. The molecule has 0 aromatic carbocycles. The monoisotopic (exact) mass is 256 g/mol. The first-order valence-corrected chi connectivity index (χ1v) is 6.59. The molecule has 18 heavy (non-hydrogen) atoms. The van der Waals surface area contributed by atoms with E-state index in [0.717, 1.165) is 12.8 Å². The Balaban J connectivity index is 2.70. The quantitative estimate of drug-likeness (QED) is 0.728. The van der Waals surface area contributed by atoms with Crippen LogP contribution in [0.1, 0.15) is 47.0 Å². The maximum atomic E-state index is 12.1. The predicted octanol–water partition coefficient (Wildman–Crippen LogP) is 2.55. The summed E-state index contributed by atoms with van der Waals surface area (Å²) in [5.41, 5.74) is -0.473. The van der Waals surface area contributed by atoms with Crippen LogP contribution in [-0.2, 0) is 19.1 Å². The molecule has 1 aliphatic rings. The molecule has 0 radical (unpaired) electrons. The van der Waals surface area contributed by atoms with E-state index >= 15 is 0 Å². The second kappa shape index (κ2) is 5.72. The average molecular weight is 256 g/mol. The third-order valence-electron chi connectivity index (χ3n) is 3.46. The molecule has 0 aromatic rings. The van der Waals surface area contributed by atoms with Gasteiger partial charge in [0.25, 0.3) is 0 Å². The summed E-state index contributed by atoms with van der Waals surface area (Å²) in [5, 5.41) is 0. The summed E-state index contributed by atoms with van der Waals surface area (Å²) in [6, 6.07) is 0. The van der Waals surface area contributed by atoms with E-state index in [1.165, 1.54) is 7.11 Å². The van der Waals surface area contributed by atoms with Crippen LogP contribution in [0.15, 0.2) is 0 Å². The van der Waals surface area contributed by atoms with Crippen LogP contribution in [-0.4, -0.2) is 24.6 Å². The van der Waals surface area contributed by atoms with E-state index in [9.17, 15) is 9.59 Å². The van der Waals surface area contributed by atoms with E-state index in [-0.39, 0.29) is 29.7 Å². The van der Waals surface area contributed by atoms with Crippen molar-refractivity contribution < 1.29 is 19.1 Å². The molecule has 1 aliphatic carbocycles. The normalized spacial score (nSPS) is 27.9. The molecule has 0 amide bonds. The summed E-state index contributed by atoms with van der Waals surface area (Å²) in [7, 11) is 1.39. The van der Waals surface area contributed by atoms with Gasteiger partial charge in [0.1, 0.15) is 5.60 Å². The largest absolute Gasteiger partial charge is 0.469 e. The van der Waals surface area contributed by atoms with Crippen molar-refractivity contribution in [3.63, 3.8) is 0 Å². The van der Waals surface area contributed by atoms with Crippen LogP contribution >= 0.6 is 0 Å². The minimum absolute atomic E-state index is 0.155. The third-order valence-corrected chi connectivity index (χ3v) is 3.46. The first-order valence-electron chi connectivity index (χ1n) is 6.59. The van der Waals surface area contributed by atoms with Gasteiger partial charge in [0.2, 0.25) is 0 Å². The molecule has 0 aromatic heterocycles. The van der Waals surface area contributed by atoms with Gasteiger partial charge < -0.3 is 9.47 Å². The fraction of sp³-hybridized carbons (Fsp3) is 0.857. The van der Waals surface area contributed by atoms with Crippen molar-refractivity contribution in [1.82, 2.24) is 0 Å². The zero-order valence-corrected chi connectivity index (χ0v) is 12.0. The molecule has 1 rings (SSSR count). The molecule has 1 fully saturated rings. The smallest absolute Gasteiger partial charge is 0.309 e. The van der Waals surface area contributed by atoms with Crippen LogP contribution in [0.4, 0.5) is 0 Å². The summed E-state index contributed by atoms with van der Waals surface area (Å²) in [4.78, 5) is 23.7. The van der Waals surface area contributed by atoms with Gasteiger partial charge in [0.05, 0.1) is 18.9 Å². The predicted molar refractivity (Wildman–Crippen MR) is 67.9 cm³/mol. The number of hydrogen-bond acceptors (Lipinski definition) is 4. The topological polar surface area (TPSA) is 52.6 Å². The van der Waals surface area contributed by atoms with Crippen molar-refractivity contribution in [2.24, 2.45) is 17.8 Å². The number of hydrogen-bond donors (Lipinski definition) is 0. The highest BCUT2D eigenvalue weighted by molar-refractivity contribution is 5.78. The zero-order valence-electron chi connectivity index (χ0n) is 12.0. The second-order valence-corrected chi connectivity index (χ2v) is 6.00. The molecular weight excluding hydrogens is 232 g/mol. The van der Waals surface area contributed by atoms with Gasteiger partial charge in [-0.2, -0.15) is 0 Å². The van der Waals surface area contributed by atoms with Gasteiger partial charge in [0, 0.05) is 0 Å². The van der Waals surface area contributed by atoms with Gasteiger partial charge >= 0.3 is 11.9 Å². The summed E-state index contributed by atoms with van der Waals surface area (Å²) >= 11 is 0. The maximum absolute atomic E-state index is 12.1. The Morgan fingerprint density at radius 2 is 1.78 bits per heavy atom. The highest BCUT2D eigenvalue weighted by Gasteiger charge is 2.42. The Hall–Kier alpha value is -1.06. The summed E-state index contributed by atoms with van der Waals surface area (Å²) in [6.45, 7) is 7.62. The average Bonchev–Trinajstić information content (AvgIpc) is 2.69. The van der Waals surface area contributed by atoms with Gasteiger partial charge in [-0.3, -0.25) is 9.59 Å². The van der Waals surface area contributed by atoms with E-state index in [0.29, 0.717) is 6.42 Å². The molecule has 3 atom stereocenters. The van der Waals surface area contributed by atoms with E-state index in [1.807, 2.05) is 27.7 Å². The van der Waals surface area contributed by atoms with Crippen LogP contribution in [0.3, 0.4) is 0 Å². The van der Waals surface area contributed by atoms with Gasteiger partial charge in [-0.15, -0.1) is 0 Å². The fourth-order valence-electron chi connectivity index (χ4n) is 2.60. The van der Waals surface area contributed by atoms with Crippen molar-refractivity contribution in [2.75, 3.05) is 7.11 Å². The maximum Gasteiger partial charge on any atom is 0.309 e. The minimum Gasteiger partial charge on any atom is -0.469 e. The van der Waals surface area contributed by atoms with Gasteiger partial charge in [0.15, 0.2) is 0 Å². The summed E-state index contributed by atoms with van der Waals surface area (Å²) in [5.74, 6) is -0.486. The third kappa shape index (κ3) is 3.72. The van der Waals surface area contributed by atoms with Crippen LogP contribution in [0.5, 0.6) is 0 Å². The molecule has 0 unspecified atom stereocenters. The fourth-order valence-corrected chi connectivity index (χ4v) is 2.60. The SMILES string of the molecule is CC[C@@H]1C[C@H](C(=O)OC)C[C@@H]1C(=O)OC(C)(C)C. The summed E-state index contributed by atoms with van der Waals surface area (Å²) in [6.07, 6.45) is 2.17. The lowest BCUT2D eigenvalue weighted by Gasteiger charge is -2.24. The molecule has 1 saturated carbocycles. The van der Waals surface area contributed by atoms with Crippen LogP contribution in [0, 0.1) is 17.8 Å². The Kier molecular flexibility index (Phi) is 4.77. The lowest BCUT2D eigenvalue weighted by atomic mass is 9.93. The number of ether oxygens (including phenoxy) is 2. The Labute approximate surface area is 109 Å². The number of rotatable bonds is 3. The van der Waals surface area contributed by atoms with Crippen LogP contribution in [0.25, 0.3) is 0 Å². The van der Waals surface area contributed by atoms with Gasteiger partial charge in [-0.1, -0.05) is 13.3 Å². The van der Waals surface area contributed by atoms with Crippen LogP contribution < -0.4 is 0 Å². The Morgan fingerprint density at radius 1 is 1.17 bits per heavy atom. The molecule has 0 saturated heterocycles. The number of carbonyl (C=O) groups excluding carboxylic acids is 2. The van der Waals surface area contributed by atoms with Crippen LogP contribution in [0.2, 0.25) is 0 Å². The molecular formula is C14H24O4. The standard InChI is InChI=1S/C14H24O4/c1-6-9-7-10(12(15)17-5)8-11(9)13(16)18-14(2,3)4/h9-11H,6-8H2,1-5H3/t9-,10+,11+/m1/s1. The molecule has 0 N–H and O–H groups in total. The van der Waals surface area contributed by atoms with E-state index in [1.54, 1.807) is 0 Å². The highest BCUT2D eigenvalue weighted by atomic mass is 16.6. The first-order chi connectivity index (χ1) is 8.28. The van der Waals surface area contributed by atoms with E-state index < -0.39 is 5.60 Å². The Morgan fingerprint density at radius 3 is 2.22 bits per heavy atom.